The average Bonchev–Trinajstić information content (AvgIpc) is 3.19. The lowest BCUT2D eigenvalue weighted by Crippen LogP contribution is -2.69. The summed E-state index contributed by atoms with van der Waals surface area (Å²) in [5.74, 6) is -3.35. The van der Waals surface area contributed by atoms with Crippen LogP contribution in [0.3, 0.4) is 0 Å². The first-order valence-corrected chi connectivity index (χ1v) is 7.35. The lowest BCUT2D eigenvalue weighted by molar-refractivity contribution is -0.200. The molecule has 0 radical (unpaired) electrons. The van der Waals surface area contributed by atoms with Crippen LogP contribution in [0.15, 0.2) is 53.1 Å². The Morgan fingerprint density at radius 3 is 2.42 bits per heavy atom. The summed E-state index contributed by atoms with van der Waals surface area (Å²) in [6, 6.07) is 9.17. The Hall–Kier alpha value is -3.30. The van der Waals surface area contributed by atoms with E-state index in [9.17, 15) is 27.6 Å². The third-order valence-electron chi connectivity index (χ3n) is 3.76. The maximum atomic E-state index is 13.6. The molecule has 10 heteroatoms. The maximum Gasteiger partial charge on any atom is 0.440 e. The Kier molecular flexibility index (Phi) is 4.18. The zero-order valence-electron chi connectivity index (χ0n) is 13.0. The summed E-state index contributed by atoms with van der Waals surface area (Å²) in [4.78, 5) is 36.9. The topological polar surface area (TPSA) is 91.7 Å². The van der Waals surface area contributed by atoms with E-state index in [2.05, 4.69) is 0 Å². The number of alkyl halides is 3. The minimum Gasteiger partial charge on any atom is -0.459 e. The van der Waals surface area contributed by atoms with Crippen molar-refractivity contribution in [3.8, 4) is 0 Å². The van der Waals surface area contributed by atoms with Gasteiger partial charge >= 0.3 is 12.2 Å². The fraction of sp³-hybridized carbons (Fsp3) is 0.188. The standard InChI is InChI=1S/C16H12F3N3O4/c17-16(18,19)15(20-12(23)11-7-4-8-26-11)13(24)22(14(25)21-15)9-10-5-2-1-3-6-10/h1-8H,9H2,(H,20,23)(H,21,25)/t15-/m1/s1. The van der Waals surface area contributed by atoms with Gasteiger partial charge in [-0.1, -0.05) is 30.3 Å². The van der Waals surface area contributed by atoms with Crippen LogP contribution in [0.1, 0.15) is 16.1 Å². The van der Waals surface area contributed by atoms with Gasteiger partial charge in [0.05, 0.1) is 12.8 Å². The molecule has 0 saturated carbocycles. The molecule has 0 unspecified atom stereocenters. The number of benzene rings is 1. The molecule has 26 heavy (non-hydrogen) atoms. The quantitative estimate of drug-likeness (QED) is 0.809. The first-order valence-electron chi connectivity index (χ1n) is 7.35. The van der Waals surface area contributed by atoms with Gasteiger partial charge in [0.1, 0.15) is 0 Å². The van der Waals surface area contributed by atoms with E-state index in [4.69, 9.17) is 4.42 Å². The zero-order valence-corrected chi connectivity index (χ0v) is 13.0. The van der Waals surface area contributed by atoms with Crippen molar-refractivity contribution in [3.05, 3.63) is 60.1 Å². The molecule has 2 heterocycles. The number of nitrogens with one attached hydrogen (secondary N) is 2. The highest BCUT2D eigenvalue weighted by atomic mass is 19.4. The van der Waals surface area contributed by atoms with Crippen molar-refractivity contribution in [2.45, 2.75) is 18.4 Å². The Labute approximate surface area is 144 Å². The molecule has 2 aromatic rings. The van der Waals surface area contributed by atoms with Crippen LogP contribution >= 0.6 is 0 Å². The summed E-state index contributed by atoms with van der Waals surface area (Å²) in [6.45, 7) is -0.375. The van der Waals surface area contributed by atoms with Gasteiger partial charge in [-0.2, -0.15) is 13.2 Å². The highest BCUT2D eigenvalue weighted by Crippen LogP contribution is 2.34. The number of furan rings is 1. The van der Waals surface area contributed by atoms with Crippen LogP contribution in [-0.4, -0.2) is 34.6 Å². The first-order chi connectivity index (χ1) is 12.2. The number of hydrogen-bond donors (Lipinski definition) is 2. The van der Waals surface area contributed by atoms with Gasteiger partial charge in [0.25, 0.3) is 17.5 Å². The second-order valence-electron chi connectivity index (χ2n) is 5.49. The molecule has 0 bridgehead atoms. The molecular formula is C16H12F3N3O4. The monoisotopic (exact) mass is 367 g/mol. The molecule has 1 aliphatic heterocycles. The number of rotatable bonds is 4. The molecule has 7 nitrogen and oxygen atoms in total. The number of carbonyl (C=O) groups is 3. The van der Waals surface area contributed by atoms with Crippen molar-refractivity contribution >= 4 is 17.8 Å². The smallest absolute Gasteiger partial charge is 0.440 e. The van der Waals surface area contributed by atoms with Crippen molar-refractivity contribution in [1.29, 1.82) is 0 Å². The van der Waals surface area contributed by atoms with Gasteiger partial charge in [0, 0.05) is 0 Å². The summed E-state index contributed by atoms with van der Waals surface area (Å²) in [5.41, 5.74) is -3.12. The fourth-order valence-electron chi connectivity index (χ4n) is 2.47. The molecule has 4 amide bonds. The normalized spacial score (nSPS) is 20.2. The van der Waals surface area contributed by atoms with Crippen molar-refractivity contribution in [3.63, 3.8) is 0 Å². The van der Waals surface area contributed by atoms with E-state index in [0.29, 0.717) is 10.5 Å². The van der Waals surface area contributed by atoms with Crippen LogP contribution in [0.2, 0.25) is 0 Å². The van der Waals surface area contributed by atoms with Crippen molar-refractivity contribution < 1.29 is 32.0 Å². The first kappa shape index (κ1) is 17.5. The van der Waals surface area contributed by atoms with Crippen molar-refractivity contribution in [2.75, 3.05) is 0 Å². The molecule has 1 aromatic heterocycles. The number of urea groups is 1. The SMILES string of the molecule is O=C(N[C@@]1(C(F)(F)F)NC(=O)N(Cc2ccccc2)C1=O)c1ccco1. The minimum atomic E-state index is -5.27. The van der Waals surface area contributed by atoms with E-state index < -0.39 is 35.4 Å². The molecule has 1 atom stereocenters. The largest absolute Gasteiger partial charge is 0.459 e. The third-order valence-corrected chi connectivity index (χ3v) is 3.76. The number of hydrogen-bond acceptors (Lipinski definition) is 4. The lowest BCUT2D eigenvalue weighted by Gasteiger charge is -2.29. The van der Waals surface area contributed by atoms with E-state index in [1.54, 1.807) is 41.0 Å². The summed E-state index contributed by atoms with van der Waals surface area (Å²) >= 11 is 0. The van der Waals surface area contributed by atoms with E-state index in [-0.39, 0.29) is 6.54 Å². The Morgan fingerprint density at radius 1 is 1.15 bits per heavy atom. The number of halogens is 3. The van der Waals surface area contributed by atoms with Crippen LogP contribution in [0.4, 0.5) is 18.0 Å². The van der Waals surface area contributed by atoms with Crippen LogP contribution in [0, 0.1) is 0 Å². The molecule has 0 spiro atoms. The van der Waals surface area contributed by atoms with E-state index in [1.165, 1.54) is 6.07 Å². The number of amides is 4. The van der Waals surface area contributed by atoms with Gasteiger partial charge in [-0.25, -0.2) is 4.79 Å². The number of imide groups is 1. The van der Waals surface area contributed by atoms with Gasteiger partial charge in [0.15, 0.2) is 5.76 Å². The summed E-state index contributed by atoms with van der Waals surface area (Å²) in [6.07, 6.45) is -4.18. The molecule has 1 aromatic carbocycles. The molecule has 1 saturated heterocycles. The lowest BCUT2D eigenvalue weighted by atomic mass is 10.1. The van der Waals surface area contributed by atoms with Crippen LogP contribution < -0.4 is 10.6 Å². The Morgan fingerprint density at radius 2 is 1.85 bits per heavy atom. The predicted octanol–water partition coefficient (Wildman–Crippen LogP) is 2.02. The highest BCUT2D eigenvalue weighted by Gasteiger charge is 2.68. The second kappa shape index (κ2) is 6.21. The van der Waals surface area contributed by atoms with E-state index >= 15 is 0 Å². The van der Waals surface area contributed by atoms with Crippen molar-refractivity contribution in [2.24, 2.45) is 0 Å². The van der Waals surface area contributed by atoms with Crippen LogP contribution in [-0.2, 0) is 11.3 Å². The second-order valence-corrected chi connectivity index (χ2v) is 5.49. The van der Waals surface area contributed by atoms with Gasteiger partial charge in [-0.3, -0.25) is 19.8 Å². The Balaban J connectivity index is 1.91. The van der Waals surface area contributed by atoms with Gasteiger partial charge in [-0.05, 0) is 17.7 Å². The summed E-state index contributed by atoms with van der Waals surface area (Å²) in [7, 11) is 0. The predicted molar refractivity (Wildman–Crippen MR) is 80.5 cm³/mol. The molecule has 136 valence electrons. The molecule has 1 aliphatic rings. The van der Waals surface area contributed by atoms with Gasteiger partial charge < -0.3 is 9.73 Å². The van der Waals surface area contributed by atoms with E-state index in [1.807, 2.05) is 0 Å². The summed E-state index contributed by atoms with van der Waals surface area (Å²) in [5, 5.41) is 3.11. The average molecular weight is 367 g/mol. The van der Waals surface area contributed by atoms with Gasteiger partial charge in [-0.15, -0.1) is 0 Å². The van der Waals surface area contributed by atoms with Crippen LogP contribution in [0.25, 0.3) is 0 Å². The molecule has 1 fully saturated rings. The maximum absolute atomic E-state index is 13.6. The summed E-state index contributed by atoms with van der Waals surface area (Å²) < 4.78 is 45.7. The fourth-order valence-corrected chi connectivity index (χ4v) is 2.47. The number of carbonyl (C=O) groups excluding carboxylic acids is 3. The third kappa shape index (κ3) is 2.89. The van der Waals surface area contributed by atoms with E-state index in [0.717, 1.165) is 12.3 Å². The minimum absolute atomic E-state index is 0.375. The van der Waals surface area contributed by atoms with Crippen LogP contribution in [0.5, 0.6) is 0 Å². The van der Waals surface area contributed by atoms with Crippen molar-refractivity contribution in [1.82, 2.24) is 15.5 Å². The number of nitrogens with zero attached hydrogens (tertiary/aromatic N) is 1. The molecule has 2 N–H and O–H groups in total. The molecule has 0 aliphatic carbocycles. The molecular weight excluding hydrogens is 355 g/mol. The van der Waals surface area contributed by atoms with Gasteiger partial charge in [0.2, 0.25) is 0 Å². The zero-order chi connectivity index (χ0) is 18.9. The molecule has 3 rings (SSSR count). The highest BCUT2D eigenvalue weighted by molar-refractivity contribution is 6.09. The Bertz CT molecular complexity index is 836.